The lowest BCUT2D eigenvalue weighted by molar-refractivity contribution is -0.138. The average Bonchev–Trinajstić information content (AvgIpc) is 3.57. The minimum absolute atomic E-state index is 0.000650. The van der Waals surface area contributed by atoms with Crippen LogP contribution < -0.4 is 15.5 Å². The van der Waals surface area contributed by atoms with Crippen molar-refractivity contribution in [3.8, 4) is 11.8 Å². The molecule has 2 N–H and O–H groups in total. The van der Waals surface area contributed by atoms with Gasteiger partial charge in [0.2, 0.25) is 17.5 Å². The molecule has 3 fully saturated rings. The first-order chi connectivity index (χ1) is 23.2. The van der Waals surface area contributed by atoms with Gasteiger partial charge in [0.15, 0.2) is 0 Å². The number of hydrogen-bond acceptors (Lipinski definition) is 7. The quantitative estimate of drug-likeness (QED) is 0.234. The van der Waals surface area contributed by atoms with Crippen LogP contribution in [-0.4, -0.2) is 69.0 Å². The van der Waals surface area contributed by atoms with Gasteiger partial charge < -0.3 is 10.2 Å². The summed E-state index contributed by atoms with van der Waals surface area (Å²) in [5.74, 6) is 2.37. The van der Waals surface area contributed by atoms with Gasteiger partial charge in [0.05, 0.1) is 52.3 Å². The van der Waals surface area contributed by atoms with Crippen LogP contribution in [0, 0.1) is 11.8 Å². The second-order valence-electron chi connectivity index (χ2n) is 12.5. The van der Waals surface area contributed by atoms with E-state index in [2.05, 4.69) is 27.6 Å². The fourth-order valence-electron chi connectivity index (χ4n) is 6.39. The molecule has 1 aliphatic carbocycles. The molecule has 1 atom stereocenters. The smallest absolute Gasteiger partial charge is 0.363 e. The van der Waals surface area contributed by atoms with Crippen LogP contribution in [0.5, 0.6) is 0 Å². The first-order valence-corrected chi connectivity index (χ1v) is 15.6. The Bertz CT molecular complexity index is 2020. The molecule has 1 unspecified atom stereocenters. The number of carbonyl (C=O) groups is 5. The highest BCUT2D eigenvalue weighted by atomic mass is 35.5. The number of halogens is 5. The zero-order valence-corrected chi connectivity index (χ0v) is 26.1. The maximum atomic E-state index is 15.6. The normalized spacial score (nSPS) is 20.9. The highest BCUT2D eigenvalue weighted by molar-refractivity contribution is 6.33. The van der Waals surface area contributed by atoms with Crippen molar-refractivity contribution < 1.29 is 41.5 Å². The molecule has 0 bridgehead atoms. The van der Waals surface area contributed by atoms with Crippen molar-refractivity contribution in [2.24, 2.45) is 0 Å². The molecule has 2 aromatic carbocycles. The van der Waals surface area contributed by atoms with Crippen LogP contribution in [0.4, 0.5) is 28.9 Å². The van der Waals surface area contributed by atoms with Crippen molar-refractivity contribution in [2.45, 2.75) is 55.5 Å². The number of hydrogen-bond donors (Lipinski definition) is 2. The highest BCUT2D eigenvalue weighted by Gasteiger charge is 2.48. The van der Waals surface area contributed by atoms with Crippen LogP contribution in [0.3, 0.4) is 0 Å². The monoisotopic (exact) mass is 696 g/mol. The molecule has 0 radical (unpaired) electrons. The van der Waals surface area contributed by atoms with Crippen molar-refractivity contribution >= 4 is 52.5 Å². The van der Waals surface area contributed by atoms with Gasteiger partial charge in [-0.05, 0) is 62.1 Å². The number of alkyl halides is 4. The molecule has 49 heavy (non-hydrogen) atoms. The van der Waals surface area contributed by atoms with Crippen molar-refractivity contribution in [3.63, 3.8) is 0 Å². The van der Waals surface area contributed by atoms with E-state index in [-0.39, 0.29) is 47.8 Å². The topological polar surface area (TPSA) is 134 Å². The molecule has 4 heterocycles. The van der Waals surface area contributed by atoms with Crippen LogP contribution in [0.25, 0.3) is 0 Å². The van der Waals surface area contributed by atoms with Crippen molar-refractivity contribution in [1.82, 2.24) is 20.0 Å². The van der Waals surface area contributed by atoms with Crippen LogP contribution in [0.1, 0.15) is 63.9 Å². The predicted octanol–water partition coefficient (Wildman–Crippen LogP) is 4.05. The van der Waals surface area contributed by atoms with Crippen molar-refractivity contribution in [1.29, 1.82) is 0 Å². The number of aromatic nitrogens is 2. The Hall–Kier alpha value is -5.23. The Morgan fingerprint density at radius 1 is 1.04 bits per heavy atom. The van der Waals surface area contributed by atoms with E-state index < -0.39 is 58.5 Å². The largest absolute Gasteiger partial charge is 0.416 e. The summed E-state index contributed by atoms with van der Waals surface area (Å²) < 4.78 is 56.0. The molecule has 0 spiro atoms. The summed E-state index contributed by atoms with van der Waals surface area (Å²) in [6.45, 7) is -0.266. The van der Waals surface area contributed by atoms with Crippen LogP contribution >= 0.6 is 11.6 Å². The first kappa shape index (κ1) is 32.3. The van der Waals surface area contributed by atoms with Crippen LogP contribution in [-0.2, 0) is 26.1 Å². The number of piperidine rings is 1. The Labute approximate surface area is 280 Å². The lowest BCUT2D eigenvalue weighted by Crippen LogP contribution is -2.58. The number of nitrogens with zero attached hydrogens (tertiary/aromatic N) is 4. The minimum Gasteiger partial charge on any atom is -0.363 e. The molecule has 1 saturated carbocycles. The second kappa shape index (κ2) is 11.4. The van der Waals surface area contributed by atoms with E-state index in [1.165, 1.54) is 29.2 Å². The number of imide groups is 2. The molecule has 1 aromatic heterocycles. The molecule has 11 nitrogen and oxygen atoms in total. The number of carbonyl (C=O) groups excluding carboxylic acids is 5. The molecule has 3 aliphatic heterocycles. The van der Waals surface area contributed by atoms with Gasteiger partial charge in [-0.15, -0.1) is 0 Å². The van der Waals surface area contributed by atoms with Gasteiger partial charge in [0.1, 0.15) is 11.6 Å². The summed E-state index contributed by atoms with van der Waals surface area (Å²) in [5, 5.41) is 8.77. The van der Waals surface area contributed by atoms with Gasteiger partial charge in [-0.1, -0.05) is 23.4 Å². The maximum absolute atomic E-state index is 15.6. The van der Waals surface area contributed by atoms with Crippen molar-refractivity contribution in [3.05, 3.63) is 76.1 Å². The van der Waals surface area contributed by atoms with Gasteiger partial charge in [-0.3, -0.25) is 38.9 Å². The predicted molar refractivity (Wildman–Crippen MR) is 165 cm³/mol. The van der Waals surface area contributed by atoms with Gasteiger partial charge in [-0.2, -0.15) is 18.3 Å². The highest BCUT2D eigenvalue weighted by Crippen LogP contribution is 2.41. The fourth-order valence-corrected chi connectivity index (χ4v) is 6.61. The van der Waals surface area contributed by atoms with Gasteiger partial charge in [0, 0.05) is 18.3 Å². The summed E-state index contributed by atoms with van der Waals surface area (Å²) in [4.78, 5) is 65.7. The van der Waals surface area contributed by atoms with Crippen LogP contribution in [0.2, 0.25) is 5.02 Å². The lowest BCUT2D eigenvalue weighted by atomic mass is 9.76. The molecular formula is C33H25ClF4N6O5. The molecule has 252 valence electrons. The Morgan fingerprint density at radius 2 is 1.78 bits per heavy atom. The number of anilines is 2. The summed E-state index contributed by atoms with van der Waals surface area (Å²) in [6.07, 6.45) is -0.127. The van der Waals surface area contributed by atoms with Crippen LogP contribution in [0.15, 0.2) is 48.8 Å². The Morgan fingerprint density at radius 3 is 2.43 bits per heavy atom. The van der Waals surface area contributed by atoms with E-state index in [9.17, 15) is 37.1 Å². The number of rotatable bonds is 5. The molecule has 4 aliphatic rings. The number of amides is 5. The fraction of sp³-hybridized carbons (Fsp3) is 0.333. The van der Waals surface area contributed by atoms with E-state index in [4.69, 9.17) is 11.6 Å². The van der Waals surface area contributed by atoms with E-state index in [0.717, 1.165) is 23.1 Å². The first-order valence-electron chi connectivity index (χ1n) is 15.2. The van der Waals surface area contributed by atoms with E-state index in [1.807, 2.05) is 0 Å². The summed E-state index contributed by atoms with van der Waals surface area (Å²) in [7, 11) is 0. The molecule has 2 saturated heterocycles. The number of fused-ring (bicyclic) bond motifs is 1. The molecular weight excluding hydrogens is 672 g/mol. The average molecular weight is 697 g/mol. The second-order valence-corrected chi connectivity index (χ2v) is 12.9. The van der Waals surface area contributed by atoms with Gasteiger partial charge in [-0.25, -0.2) is 4.39 Å². The van der Waals surface area contributed by atoms with Gasteiger partial charge in [0.25, 0.3) is 17.7 Å². The van der Waals surface area contributed by atoms with E-state index >= 15 is 4.39 Å². The van der Waals surface area contributed by atoms with E-state index in [0.29, 0.717) is 30.5 Å². The summed E-state index contributed by atoms with van der Waals surface area (Å²) in [6, 6.07) is 6.06. The Balaban J connectivity index is 1.01. The summed E-state index contributed by atoms with van der Waals surface area (Å²) >= 11 is 6.03. The summed E-state index contributed by atoms with van der Waals surface area (Å²) in [5.41, 5.74) is -2.92. The Kier molecular flexibility index (Phi) is 7.55. The van der Waals surface area contributed by atoms with E-state index in [1.54, 1.807) is 11.0 Å². The number of benzene rings is 2. The maximum Gasteiger partial charge on any atom is 0.416 e. The zero-order valence-electron chi connectivity index (χ0n) is 25.4. The molecule has 16 heteroatoms. The van der Waals surface area contributed by atoms with Gasteiger partial charge >= 0.3 is 6.18 Å². The SMILES string of the molecule is O=C1CCC(N2C(=O)c3ccc(N4CC(F)(C#Cc5cnn(C6(C(=O)Nc7ccc(C(F)(F)F)cc7Cl)CCC6)c5)C4)cc3C2=O)C(=O)N1. The molecule has 7 rings (SSSR count). The molecule has 5 amide bonds. The minimum atomic E-state index is -4.59. The number of nitrogens with one attached hydrogen (secondary N) is 2. The standard InChI is InChI=1S/C33H25ClF4N6O5/c34-23-12-19(33(36,37)38)2-5-24(23)40-30(49)32(9-1-10-32)43-15-18(14-39-43)8-11-31(35)16-42(17-31)20-3-4-21-22(13-20)29(48)44(28(21)47)25-6-7-26(45)41-27(25)46/h2-5,12-15,25H,1,6-7,9-10,16-17H2,(H,40,49)(H,41,45,46). The lowest BCUT2D eigenvalue weighted by Gasteiger charge is -2.43. The third kappa shape index (κ3) is 5.59. The molecule has 3 aromatic rings. The zero-order chi connectivity index (χ0) is 34.9. The van der Waals surface area contributed by atoms with Crippen molar-refractivity contribution in [2.75, 3.05) is 23.3 Å². The third-order valence-electron chi connectivity index (χ3n) is 9.27. The third-order valence-corrected chi connectivity index (χ3v) is 9.58.